The van der Waals surface area contributed by atoms with Crippen molar-refractivity contribution < 1.29 is 0 Å². The number of nitrogens with zero attached hydrogens (tertiary/aromatic N) is 6. The van der Waals surface area contributed by atoms with Crippen molar-refractivity contribution in [3.63, 3.8) is 0 Å². The average molecular weight is 460 g/mol. The zero-order valence-corrected chi connectivity index (χ0v) is 20.2. The summed E-state index contributed by atoms with van der Waals surface area (Å²) in [5, 5.41) is 18.8. The Morgan fingerprint density at radius 2 is 1.79 bits per heavy atom. The van der Waals surface area contributed by atoms with E-state index in [2.05, 4.69) is 77.8 Å². The second kappa shape index (κ2) is 11.0. The summed E-state index contributed by atoms with van der Waals surface area (Å²) in [5.74, 6) is 2.09. The zero-order valence-electron chi connectivity index (χ0n) is 20.2. The summed E-state index contributed by atoms with van der Waals surface area (Å²) < 4.78 is 3.50. The van der Waals surface area contributed by atoms with E-state index in [1.54, 1.807) is 4.68 Å². The van der Waals surface area contributed by atoms with E-state index in [-0.39, 0.29) is 5.69 Å². The first-order valence-electron chi connectivity index (χ1n) is 12.1. The highest BCUT2D eigenvalue weighted by Gasteiger charge is 2.14. The SMILES string of the molecule is CCCCCn1nc(CCC(C)C)n(Cc2ccc(-c3cccc(-c4nnn[nH]4)c3)cc2)c1=O. The summed E-state index contributed by atoms with van der Waals surface area (Å²) in [5.41, 5.74) is 4.19. The molecule has 8 heteroatoms. The van der Waals surface area contributed by atoms with Crippen molar-refractivity contribution in [2.45, 2.75) is 66.0 Å². The van der Waals surface area contributed by atoms with Crippen LogP contribution in [0.2, 0.25) is 0 Å². The number of unbranched alkanes of at least 4 members (excludes halogenated alkanes) is 2. The number of H-pyrrole nitrogens is 1. The van der Waals surface area contributed by atoms with Crippen LogP contribution in [0.15, 0.2) is 53.3 Å². The fourth-order valence-electron chi connectivity index (χ4n) is 4.02. The number of aromatic amines is 1. The van der Waals surface area contributed by atoms with Crippen LogP contribution >= 0.6 is 0 Å². The van der Waals surface area contributed by atoms with Crippen molar-refractivity contribution in [2.24, 2.45) is 5.92 Å². The number of hydrogen-bond donors (Lipinski definition) is 1. The van der Waals surface area contributed by atoms with Crippen LogP contribution in [0.4, 0.5) is 0 Å². The summed E-state index contributed by atoms with van der Waals surface area (Å²) >= 11 is 0. The van der Waals surface area contributed by atoms with E-state index in [0.29, 0.717) is 24.8 Å². The molecule has 34 heavy (non-hydrogen) atoms. The number of rotatable bonds is 11. The van der Waals surface area contributed by atoms with E-state index in [4.69, 9.17) is 5.10 Å². The molecule has 0 atom stereocenters. The molecule has 0 spiro atoms. The van der Waals surface area contributed by atoms with Crippen molar-refractivity contribution in [2.75, 3.05) is 0 Å². The van der Waals surface area contributed by atoms with Crippen molar-refractivity contribution in [1.29, 1.82) is 0 Å². The molecule has 0 fully saturated rings. The fraction of sp³-hybridized carbons (Fsp3) is 0.423. The molecule has 0 radical (unpaired) electrons. The van der Waals surface area contributed by atoms with E-state index in [1.165, 1.54) is 0 Å². The minimum atomic E-state index is -0.00713. The van der Waals surface area contributed by atoms with Gasteiger partial charge in [0.05, 0.1) is 6.54 Å². The molecule has 0 bridgehead atoms. The Labute approximate surface area is 200 Å². The van der Waals surface area contributed by atoms with Gasteiger partial charge in [-0.1, -0.05) is 76.1 Å². The summed E-state index contributed by atoms with van der Waals surface area (Å²) in [4.78, 5) is 13.1. The smallest absolute Gasteiger partial charge is 0.274 e. The predicted molar refractivity (Wildman–Crippen MR) is 133 cm³/mol. The van der Waals surface area contributed by atoms with Crippen molar-refractivity contribution >= 4 is 0 Å². The summed E-state index contributed by atoms with van der Waals surface area (Å²) in [6.45, 7) is 7.79. The molecule has 8 nitrogen and oxygen atoms in total. The Morgan fingerprint density at radius 3 is 2.50 bits per heavy atom. The van der Waals surface area contributed by atoms with Crippen LogP contribution in [0.5, 0.6) is 0 Å². The highest BCUT2D eigenvalue weighted by Crippen LogP contribution is 2.24. The molecule has 0 saturated heterocycles. The second-order valence-electron chi connectivity index (χ2n) is 9.18. The monoisotopic (exact) mass is 459 g/mol. The highest BCUT2D eigenvalue weighted by atomic mass is 16.2. The Kier molecular flexibility index (Phi) is 7.67. The third-order valence-electron chi connectivity index (χ3n) is 6.03. The van der Waals surface area contributed by atoms with E-state index in [0.717, 1.165) is 60.2 Å². The number of nitrogens with one attached hydrogen (secondary N) is 1. The minimum absolute atomic E-state index is 0.00713. The Hall–Kier alpha value is -3.55. The largest absolute Gasteiger partial charge is 0.346 e. The maximum absolute atomic E-state index is 13.1. The van der Waals surface area contributed by atoms with Gasteiger partial charge < -0.3 is 0 Å². The molecule has 178 valence electrons. The van der Waals surface area contributed by atoms with Crippen LogP contribution in [-0.2, 0) is 19.5 Å². The lowest BCUT2D eigenvalue weighted by atomic mass is 10.0. The van der Waals surface area contributed by atoms with Crippen LogP contribution in [-0.4, -0.2) is 35.0 Å². The number of aromatic nitrogens is 7. The van der Waals surface area contributed by atoms with Crippen LogP contribution in [0.25, 0.3) is 22.5 Å². The first-order valence-corrected chi connectivity index (χ1v) is 12.1. The van der Waals surface area contributed by atoms with E-state index >= 15 is 0 Å². The second-order valence-corrected chi connectivity index (χ2v) is 9.18. The quantitative estimate of drug-likeness (QED) is 0.328. The number of tetrazole rings is 1. The lowest BCUT2D eigenvalue weighted by Gasteiger charge is -2.09. The van der Waals surface area contributed by atoms with Crippen molar-refractivity contribution in [1.82, 2.24) is 35.0 Å². The van der Waals surface area contributed by atoms with Gasteiger partial charge in [0, 0.05) is 18.5 Å². The summed E-state index contributed by atoms with van der Waals surface area (Å²) in [7, 11) is 0. The van der Waals surface area contributed by atoms with Gasteiger partial charge in [0.25, 0.3) is 0 Å². The molecule has 2 aromatic carbocycles. The van der Waals surface area contributed by atoms with Gasteiger partial charge in [-0.15, -0.1) is 5.10 Å². The maximum atomic E-state index is 13.1. The third kappa shape index (κ3) is 5.68. The Balaban J connectivity index is 1.54. The summed E-state index contributed by atoms with van der Waals surface area (Å²) in [6.07, 6.45) is 5.04. The molecule has 0 amide bonds. The molecule has 0 aliphatic rings. The fourth-order valence-corrected chi connectivity index (χ4v) is 4.02. The molecule has 4 aromatic rings. The van der Waals surface area contributed by atoms with Crippen LogP contribution in [0.1, 0.15) is 57.8 Å². The summed E-state index contributed by atoms with van der Waals surface area (Å²) in [6, 6.07) is 16.5. The zero-order chi connectivity index (χ0) is 23.9. The van der Waals surface area contributed by atoms with Gasteiger partial charge in [-0.25, -0.2) is 14.6 Å². The maximum Gasteiger partial charge on any atom is 0.346 e. The lowest BCUT2D eigenvalue weighted by molar-refractivity contribution is 0.526. The topological polar surface area (TPSA) is 94.3 Å². The van der Waals surface area contributed by atoms with Crippen LogP contribution in [0, 0.1) is 5.92 Å². The van der Waals surface area contributed by atoms with Gasteiger partial charge in [0.1, 0.15) is 5.82 Å². The molecule has 0 unspecified atom stereocenters. The molecular formula is C26H33N7O. The van der Waals surface area contributed by atoms with Gasteiger partial charge >= 0.3 is 5.69 Å². The Morgan fingerprint density at radius 1 is 1.00 bits per heavy atom. The first-order chi connectivity index (χ1) is 16.5. The first kappa shape index (κ1) is 23.6. The highest BCUT2D eigenvalue weighted by molar-refractivity contribution is 5.70. The molecule has 2 aromatic heterocycles. The molecular weight excluding hydrogens is 426 g/mol. The van der Waals surface area contributed by atoms with Crippen molar-refractivity contribution in [3.8, 4) is 22.5 Å². The van der Waals surface area contributed by atoms with Gasteiger partial charge in [0.15, 0.2) is 5.82 Å². The molecule has 4 rings (SSSR count). The van der Waals surface area contributed by atoms with Crippen LogP contribution in [0.3, 0.4) is 0 Å². The number of benzene rings is 2. The average Bonchev–Trinajstić information content (AvgIpc) is 3.48. The molecule has 0 aliphatic heterocycles. The molecule has 2 heterocycles. The normalized spacial score (nSPS) is 11.4. The van der Waals surface area contributed by atoms with Gasteiger partial charge in [-0.05, 0) is 51.9 Å². The standard InChI is InChI=1S/C26H33N7O/c1-4-5-6-16-33-26(34)32(24(29-33)15-10-19(2)3)18-20-11-13-21(14-12-20)22-8-7-9-23(17-22)25-27-30-31-28-25/h7-9,11-14,17,19H,4-6,10,15-16,18H2,1-3H3,(H,27,28,30,31). The Bertz CT molecular complexity index is 1240. The van der Waals surface area contributed by atoms with Crippen molar-refractivity contribution in [3.05, 3.63) is 70.4 Å². The molecule has 1 N–H and O–H groups in total. The van der Waals surface area contributed by atoms with E-state index in [9.17, 15) is 4.79 Å². The minimum Gasteiger partial charge on any atom is -0.274 e. The predicted octanol–water partition coefficient (Wildman–Crippen LogP) is 4.72. The van der Waals surface area contributed by atoms with E-state index in [1.807, 2.05) is 16.7 Å². The lowest BCUT2D eigenvalue weighted by Crippen LogP contribution is -2.26. The van der Waals surface area contributed by atoms with Crippen LogP contribution < -0.4 is 5.69 Å². The van der Waals surface area contributed by atoms with Gasteiger partial charge in [0.2, 0.25) is 0 Å². The number of hydrogen-bond acceptors (Lipinski definition) is 5. The van der Waals surface area contributed by atoms with E-state index < -0.39 is 0 Å². The third-order valence-corrected chi connectivity index (χ3v) is 6.03. The van der Waals surface area contributed by atoms with Gasteiger partial charge in [-0.2, -0.15) is 5.10 Å². The number of aryl methyl sites for hydroxylation is 2. The molecule has 0 aliphatic carbocycles. The molecule has 0 saturated carbocycles. The van der Waals surface area contributed by atoms with Gasteiger partial charge in [-0.3, -0.25) is 4.57 Å².